The second-order valence-corrected chi connectivity index (χ2v) is 5.17. The van der Waals surface area contributed by atoms with Crippen LogP contribution in [0.3, 0.4) is 0 Å². The van der Waals surface area contributed by atoms with E-state index in [1.165, 1.54) is 23.5 Å². The summed E-state index contributed by atoms with van der Waals surface area (Å²) in [5.74, 6) is -0.0210. The summed E-state index contributed by atoms with van der Waals surface area (Å²) in [6.45, 7) is 2.49. The number of esters is 1. The van der Waals surface area contributed by atoms with Crippen molar-refractivity contribution < 1.29 is 18.7 Å². The van der Waals surface area contributed by atoms with E-state index in [9.17, 15) is 9.18 Å². The summed E-state index contributed by atoms with van der Waals surface area (Å²) in [7, 11) is 0. The van der Waals surface area contributed by atoms with Crippen LogP contribution in [0.25, 0.3) is 10.4 Å². The molecule has 0 spiro atoms. The fraction of sp³-hybridized carbons (Fsp3) is 0.214. The van der Waals surface area contributed by atoms with Crippen molar-refractivity contribution in [1.29, 1.82) is 0 Å². The van der Waals surface area contributed by atoms with Crippen LogP contribution in [0.4, 0.5) is 4.39 Å². The molecule has 0 amide bonds. The molecule has 0 bridgehead atoms. The summed E-state index contributed by atoms with van der Waals surface area (Å²) in [4.78, 5) is 13.1. The van der Waals surface area contributed by atoms with Gasteiger partial charge in [-0.2, -0.15) is 0 Å². The van der Waals surface area contributed by atoms with Crippen molar-refractivity contribution in [3.05, 3.63) is 40.5 Å². The molecule has 1 aromatic heterocycles. The van der Waals surface area contributed by atoms with Gasteiger partial charge in [-0.3, -0.25) is 0 Å². The number of carbonyl (C=O) groups is 1. The SMILES string of the molecule is CCOC(=O)c1cc2c(s1)-c1cc(F)ccc1OC2. The number of hydrogen-bond acceptors (Lipinski definition) is 4. The summed E-state index contributed by atoms with van der Waals surface area (Å²) in [6.07, 6.45) is 0. The lowest BCUT2D eigenvalue weighted by Gasteiger charge is -2.17. The monoisotopic (exact) mass is 278 g/mol. The summed E-state index contributed by atoms with van der Waals surface area (Å²) in [6, 6.07) is 6.16. The third kappa shape index (κ3) is 2.10. The molecule has 0 N–H and O–H groups in total. The molecule has 1 aliphatic rings. The van der Waals surface area contributed by atoms with E-state index < -0.39 is 0 Å². The van der Waals surface area contributed by atoms with Crippen LogP contribution >= 0.6 is 11.3 Å². The number of benzene rings is 1. The highest BCUT2D eigenvalue weighted by Gasteiger charge is 2.23. The zero-order chi connectivity index (χ0) is 13.4. The smallest absolute Gasteiger partial charge is 0.348 e. The van der Waals surface area contributed by atoms with Gasteiger partial charge in [0.25, 0.3) is 0 Å². The maximum Gasteiger partial charge on any atom is 0.348 e. The van der Waals surface area contributed by atoms with E-state index in [0.717, 1.165) is 10.4 Å². The average molecular weight is 278 g/mol. The highest BCUT2D eigenvalue weighted by Crippen LogP contribution is 2.42. The van der Waals surface area contributed by atoms with Gasteiger partial charge in [-0.1, -0.05) is 0 Å². The molecule has 98 valence electrons. The molecule has 3 rings (SSSR count). The van der Waals surface area contributed by atoms with Crippen molar-refractivity contribution in [3.8, 4) is 16.2 Å². The van der Waals surface area contributed by atoms with Gasteiger partial charge in [0, 0.05) is 16.0 Å². The lowest BCUT2D eigenvalue weighted by Crippen LogP contribution is -2.03. The second kappa shape index (κ2) is 4.66. The molecular formula is C14H11FO3S. The molecule has 0 radical (unpaired) electrons. The molecule has 0 fully saturated rings. The van der Waals surface area contributed by atoms with E-state index in [2.05, 4.69) is 0 Å². The molecule has 0 atom stereocenters. The van der Waals surface area contributed by atoms with Gasteiger partial charge in [0.2, 0.25) is 0 Å². The van der Waals surface area contributed by atoms with E-state index in [0.29, 0.717) is 29.4 Å². The molecule has 19 heavy (non-hydrogen) atoms. The molecule has 1 aliphatic heterocycles. The number of fused-ring (bicyclic) bond motifs is 3. The van der Waals surface area contributed by atoms with E-state index in [4.69, 9.17) is 9.47 Å². The van der Waals surface area contributed by atoms with Crippen LogP contribution in [0.15, 0.2) is 24.3 Å². The van der Waals surface area contributed by atoms with Crippen molar-refractivity contribution in [2.75, 3.05) is 6.61 Å². The van der Waals surface area contributed by atoms with Crippen molar-refractivity contribution >= 4 is 17.3 Å². The Morgan fingerprint density at radius 3 is 3.11 bits per heavy atom. The minimum absolute atomic E-state index is 0.318. The fourth-order valence-electron chi connectivity index (χ4n) is 2.03. The molecule has 0 aliphatic carbocycles. The van der Waals surface area contributed by atoms with Crippen LogP contribution < -0.4 is 4.74 Å². The zero-order valence-electron chi connectivity index (χ0n) is 10.2. The number of hydrogen-bond donors (Lipinski definition) is 0. The number of halogens is 1. The van der Waals surface area contributed by atoms with Gasteiger partial charge in [0.05, 0.1) is 6.61 Å². The molecular weight excluding hydrogens is 267 g/mol. The third-order valence-electron chi connectivity index (χ3n) is 2.86. The van der Waals surface area contributed by atoms with Gasteiger partial charge >= 0.3 is 5.97 Å². The first kappa shape index (κ1) is 12.2. The molecule has 2 aromatic rings. The van der Waals surface area contributed by atoms with E-state index in [1.54, 1.807) is 19.1 Å². The number of ether oxygens (including phenoxy) is 2. The molecule has 2 heterocycles. The second-order valence-electron chi connectivity index (χ2n) is 4.11. The Hall–Kier alpha value is -1.88. The Morgan fingerprint density at radius 1 is 1.47 bits per heavy atom. The lowest BCUT2D eigenvalue weighted by atomic mass is 10.1. The zero-order valence-corrected chi connectivity index (χ0v) is 11.1. The van der Waals surface area contributed by atoms with E-state index in [-0.39, 0.29) is 11.8 Å². The number of rotatable bonds is 2. The van der Waals surface area contributed by atoms with Crippen LogP contribution in [0.2, 0.25) is 0 Å². The van der Waals surface area contributed by atoms with Crippen LogP contribution in [0, 0.1) is 5.82 Å². The molecule has 0 saturated heterocycles. The first-order valence-electron chi connectivity index (χ1n) is 5.91. The van der Waals surface area contributed by atoms with Crippen molar-refractivity contribution in [2.45, 2.75) is 13.5 Å². The summed E-state index contributed by atoms with van der Waals surface area (Å²) < 4.78 is 23.9. The first-order valence-corrected chi connectivity index (χ1v) is 6.73. The quantitative estimate of drug-likeness (QED) is 0.787. The van der Waals surface area contributed by atoms with E-state index in [1.807, 2.05) is 0 Å². The standard InChI is InChI=1S/C14H11FO3S/c1-2-17-14(16)12-5-8-7-18-11-4-3-9(15)6-10(11)13(8)19-12/h3-6H,2,7H2,1H3. The predicted octanol–water partition coefficient (Wildman–Crippen LogP) is 3.62. The molecule has 5 heteroatoms. The summed E-state index contributed by atoms with van der Waals surface area (Å²) >= 11 is 1.31. The highest BCUT2D eigenvalue weighted by molar-refractivity contribution is 7.17. The Labute approximate surface area is 113 Å². The van der Waals surface area contributed by atoms with Gasteiger partial charge in [0.1, 0.15) is 23.1 Å². The Kier molecular flexibility index (Phi) is 2.98. The molecule has 3 nitrogen and oxygen atoms in total. The maximum absolute atomic E-state index is 13.3. The van der Waals surface area contributed by atoms with Crippen LogP contribution in [0.5, 0.6) is 5.75 Å². The van der Waals surface area contributed by atoms with Gasteiger partial charge in [-0.15, -0.1) is 11.3 Å². The summed E-state index contributed by atoms with van der Waals surface area (Å²) in [5.41, 5.74) is 1.59. The fourth-order valence-corrected chi connectivity index (χ4v) is 3.11. The van der Waals surface area contributed by atoms with Gasteiger partial charge in [-0.05, 0) is 31.2 Å². The normalized spacial score (nSPS) is 12.3. The Morgan fingerprint density at radius 2 is 2.32 bits per heavy atom. The lowest BCUT2D eigenvalue weighted by molar-refractivity contribution is 0.0532. The van der Waals surface area contributed by atoms with Gasteiger partial charge < -0.3 is 9.47 Å². The Bertz CT molecular complexity index is 648. The number of thiophene rings is 1. The topological polar surface area (TPSA) is 35.5 Å². The van der Waals surface area contributed by atoms with Crippen molar-refractivity contribution in [2.24, 2.45) is 0 Å². The molecule has 0 saturated carbocycles. The van der Waals surface area contributed by atoms with E-state index >= 15 is 0 Å². The number of carbonyl (C=O) groups excluding carboxylic acids is 1. The largest absolute Gasteiger partial charge is 0.488 e. The molecule has 0 unspecified atom stereocenters. The van der Waals surface area contributed by atoms with Crippen LogP contribution in [-0.4, -0.2) is 12.6 Å². The van der Waals surface area contributed by atoms with Crippen LogP contribution in [0.1, 0.15) is 22.2 Å². The van der Waals surface area contributed by atoms with Crippen molar-refractivity contribution in [1.82, 2.24) is 0 Å². The van der Waals surface area contributed by atoms with Gasteiger partial charge in [-0.25, -0.2) is 9.18 Å². The first-order chi connectivity index (χ1) is 9.19. The minimum atomic E-state index is -0.347. The van der Waals surface area contributed by atoms with Gasteiger partial charge in [0.15, 0.2) is 0 Å². The summed E-state index contributed by atoms with van der Waals surface area (Å²) in [5, 5.41) is 0. The molecule has 1 aromatic carbocycles. The average Bonchev–Trinajstić information content (AvgIpc) is 2.83. The maximum atomic E-state index is 13.3. The predicted molar refractivity (Wildman–Crippen MR) is 70.0 cm³/mol. The van der Waals surface area contributed by atoms with Crippen LogP contribution in [-0.2, 0) is 11.3 Å². The third-order valence-corrected chi connectivity index (χ3v) is 4.05. The minimum Gasteiger partial charge on any atom is -0.488 e. The highest BCUT2D eigenvalue weighted by atomic mass is 32.1. The van der Waals surface area contributed by atoms with Crippen molar-refractivity contribution in [3.63, 3.8) is 0 Å². The Balaban J connectivity index is 2.06.